The van der Waals surface area contributed by atoms with Gasteiger partial charge in [-0.25, -0.2) is 0 Å². The first-order valence-electron chi connectivity index (χ1n) is 11.0. The summed E-state index contributed by atoms with van der Waals surface area (Å²) in [6.45, 7) is 4.94. The van der Waals surface area contributed by atoms with Crippen molar-refractivity contribution in [2.45, 2.75) is 83.3 Å². The number of anilines is 1. The molecule has 3 aliphatic rings. The number of hydrogen-bond acceptors (Lipinski definition) is 3. The van der Waals surface area contributed by atoms with Crippen LogP contribution in [-0.4, -0.2) is 41.4 Å². The Bertz CT molecular complexity index is 735. The van der Waals surface area contributed by atoms with Crippen LogP contribution in [0.25, 0.3) is 0 Å². The Hall–Kier alpha value is -1.88. The van der Waals surface area contributed by atoms with E-state index in [1.54, 1.807) is 0 Å². The van der Waals surface area contributed by atoms with E-state index in [1.165, 1.54) is 19.3 Å². The minimum Gasteiger partial charge on any atom is -0.336 e. The van der Waals surface area contributed by atoms with E-state index in [1.807, 2.05) is 30.0 Å². The largest absolute Gasteiger partial charge is 0.336 e. The summed E-state index contributed by atoms with van der Waals surface area (Å²) in [5, 5.41) is 6.71. The van der Waals surface area contributed by atoms with Gasteiger partial charge in [-0.2, -0.15) is 0 Å². The molecule has 0 saturated carbocycles. The van der Waals surface area contributed by atoms with Crippen LogP contribution >= 0.6 is 0 Å². The third-order valence-corrected chi connectivity index (χ3v) is 6.86. The van der Waals surface area contributed by atoms with Gasteiger partial charge in [-0.05, 0) is 88.5 Å². The fourth-order valence-electron chi connectivity index (χ4n) is 5.31. The lowest BCUT2D eigenvalue weighted by Gasteiger charge is -2.33. The third-order valence-electron chi connectivity index (χ3n) is 6.86. The molecule has 0 aliphatic carbocycles. The molecule has 28 heavy (non-hydrogen) atoms. The number of benzene rings is 1. The molecule has 2 N–H and O–H groups in total. The zero-order valence-corrected chi connectivity index (χ0v) is 17.2. The summed E-state index contributed by atoms with van der Waals surface area (Å²) in [5.41, 5.74) is 2.50. The van der Waals surface area contributed by atoms with Gasteiger partial charge >= 0.3 is 0 Å². The summed E-state index contributed by atoms with van der Waals surface area (Å²) in [7, 11) is 0. The SMILES string of the molecule is Cc1cc(C(=O)N2CCCCC2C)ccc1NC(=O)CC1CC2CCC(C1)N2. The molecule has 5 heteroatoms. The van der Waals surface area contributed by atoms with Crippen molar-refractivity contribution in [3.8, 4) is 0 Å². The van der Waals surface area contributed by atoms with Crippen LogP contribution in [0, 0.1) is 12.8 Å². The lowest BCUT2D eigenvalue weighted by atomic mass is 9.89. The van der Waals surface area contributed by atoms with Crippen molar-refractivity contribution in [2.75, 3.05) is 11.9 Å². The highest BCUT2D eigenvalue weighted by Gasteiger charge is 2.34. The molecule has 152 valence electrons. The molecule has 3 unspecified atom stereocenters. The topological polar surface area (TPSA) is 61.4 Å². The van der Waals surface area contributed by atoms with Crippen LogP contribution in [0.1, 0.15) is 74.2 Å². The molecule has 1 aromatic carbocycles. The lowest BCUT2D eigenvalue weighted by Crippen LogP contribution is -2.42. The minimum absolute atomic E-state index is 0.0955. The summed E-state index contributed by atoms with van der Waals surface area (Å²) in [6.07, 6.45) is 8.71. The van der Waals surface area contributed by atoms with Gasteiger partial charge in [0.1, 0.15) is 0 Å². The molecule has 3 saturated heterocycles. The normalized spacial score (nSPS) is 29.6. The van der Waals surface area contributed by atoms with Gasteiger partial charge in [0.25, 0.3) is 5.91 Å². The number of aryl methyl sites for hydroxylation is 1. The van der Waals surface area contributed by atoms with Gasteiger partial charge in [0.15, 0.2) is 0 Å². The smallest absolute Gasteiger partial charge is 0.254 e. The molecule has 2 bridgehead atoms. The van der Waals surface area contributed by atoms with Gasteiger partial charge in [0, 0.05) is 42.3 Å². The number of hydrogen-bond donors (Lipinski definition) is 2. The first kappa shape index (κ1) is 19.4. The molecule has 0 spiro atoms. The first-order valence-corrected chi connectivity index (χ1v) is 11.0. The van der Waals surface area contributed by atoms with Crippen molar-refractivity contribution in [1.29, 1.82) is 0 Å². The molecule has 3 atom stereocenters. The molecule has 2 amide bonds. The van der Waals surface area contributed by atoms with Crippen molar-refractivity contribution in [3.05, 3.63) is 29.3 Å². The highest BCUT2D eigenvalue weighted by molar-refractivity contribution is 5.96. The number of fused-ring (bicyclic) bond motifs is 2. The molecule has 0 aromatic heterocycles. The zero-order chi connectivity index (χ0) is 19.7. The zero-order valence-electron chi connectivity index (χ0n) is 17.2. The van der Waals surface area contributed by atoms with E-state index < -0.39 is 0 Å². The molecule has 1 aromatic rings. The van der Waals surface area contributed by atoms with Crippen molar-refractivity contribution >= 4 is 17.5 Å². The van der Waals surface area contributed by atoms with Gasteiger partial charge in [-0.3, -0.25) is 9.59 Å². The average molecular weight is 384 g/mol. The summed E-state index contributed by atoms with van der Waals surface area (Å²) < 4.78 is 0. The Kier molecular flexibility index (Phi) is 5.72. The summed E-state index contributed by atoms with van der Waals surface area (Å²) in [5.74, 6) is 0.692. The van der Waals surface area contributed by atoms with Crippen molar-refractivity contribution in [2.24, 2.45) is 5.92 Å². The Morgan fingerprint density at radius 3 is 2.57 bits per heavy atom. The minimum atomic E-state index is 0.0955. The van der Waals surface area contributed by atoms with Crippen LogP contribution in [0.4, 0.5) is 5.69 Å². The highest BCUT2D eigenvalue weighted by Crippen LogP contribution is 2.33. The number of rotatable bonds is 4. The lowest BCUT2D eigenvalue weighted by molar-refractivity contribution is -0.117. The molecule has 0 radical (unpaired) electrons. The molecule has 3 aliphatic heterocycles. The van der Waals surface area contributed by atoms with Gasteiger partial charge in [-0.1, -0.05) is 0 Å². The van der Waals surface area contributed by atoms with E-state index >= 15 is 0 Å². The average Bonchev–Trinajstić information content (AvgIpc) is 3.01. The first-order chi connectivity index (χ1) is 13.5. The van der Waals surface area contributed by atoms with Crippen LogP contribution in [0.5, 0.6) is 0 Å². The Labute approximate surface area is 168 Å². The second kappa shape index (κ2) is 8.24. The molecule has 4 rings (SSSR count). The fourth-order valence-corrected chi connectivity index (χ4v) is 5.31. The summed E-state index contributed by atoms with van der Waals surface area (Å²) in [6, 6.07) is 7.20. The number of piperidine rings is 2. The third kappa shape index (κ3) is 4.24. The number of carbonyl (C=O) groups excluding carboxylic acids is 2. The van der Waals surface area contributed by atoms with E-state index in [0.717, 1.165) is 49.0 Å². The number of carbonyl (C=O) groups is 2. The predicted octanol–water partition coefficient (Wildman–Crippen LogP) is 3.87. The van der Waals surface area contributed by atoms with Gasteiger partial charge in [-0.15, -0.1) is 0 Å². The van der Waals surface area contributed by atoms with Crippen LogP contribution in [-0.2, 0) is 4.79 Å². The van der Waals surface area contributed by atoms with E-state index in [9.17, 15) is 9.59 Å². The van der Waals surface area contributed by atoms with Crippen molar-refractivity contribution in [1.82, 2.24) is 10.2 Å². The Morgan fingerprint density at radius 1 is 1.14 bits per heavy atom. The molecule has 5 nitrogen and oxygen atoms in total. The van der Waals surface area contributed by atoms with Crippen LogP contribution < -0.4 is 10.6 Å². The second-order valence-electron chi connectivity index (χ2n) is 9.10. The van der Waals surface area contributed by atoms with E-state index in [2.05, 4.69) is 17.6 Å². The summed E-state index contributed by atoms with van der Waals surface area (Å²) >= 11 is 0. The maximum atomic E-state index is 12.9. The molecular weight excluding hydrogens is 350 g/mol. The number of amides is 2. The molecule has 3 fully saturated rings. The van der Waals surface area contributed by atoms with E-state index in [4.69, 9.17) is 0 Å². The van der Waals surface area contributed by atoms with Gasteiger partial charge in [0.2, 0.25) is 5.91 Å². The molecular formula is C23H33N3O2. The number of nitrogens with zero attached hydrogens (tertiary/aromatic N) is 1. The standard InChI is InChI=1S/C23H33N3O2/c1-15-11-18(23(28)26-10-4-3-5-16(26)2)6-9-21(15)25-22(27)14-17-12-19-7-8-20(13-17)24-19/h6,9,11,16-17,19-20,24H,3-5,7-8,10,12-14H2,1-2H3,(H,25,27). The van der Waals surface area contributed by atoms with E-state index in [0.29, 0.717) is 30.5 Å². The van der Waals surface area contributed by atoms with E-state index in [-0.39, 0.29) is 11.8 Å². The Balaban J connectivity index is 1.36. The fraction of sp³-hybridized carbons (Fsp3) is 0.652. The van der Waals surface area contributed by atoms with Gasteiger partial charge in [0.05, 0.1) is 0 Å². The highest BCUT2D eigenvalue weighted by atomic mass is 16.2. The van der Waals surface area contributed by atoms with Crippen molar-refractivity contribution in [3.63, 3.8) is 0 Å². The Morgan fingerprint density at radius 2 is 1.89 bits per heavy atom. The second-order valence-corrected chi connectivity index (χ2v) is 9.10. The number of nitrogens with one attached hydrogen (secondary N) is 2. The quantitative estimate of drug-likeness (QED) is 0.830. The van der Waals surface area contributed by atoms with Crippen LogP contribution in [0.2, 0.25) is 0 Å². The summed E-state index contributed by atoms with van der Waals surface area (Å²) in [4.78, 5) is 27.4. The van der Waals surface area contributed by atoms with Crippen LogP contribution in [0.15, 0.2) is 18.2 Å². The predicted molar refractivity (Wildman–Crippen MR) is 111 cm³/mol. The maximum absolute atomic E-state index is 12.9. The van der Waals surface area contributed by atoms with Crippen molar-refractivity contribution < 1.29 is 9.59 Å². The van der Waals surface area contributed by atoms with Crippen LogP contribution in [0.3, 0.4) is 0 Å². The number of likely N-dealkylation sites (tertiary alicyclic amines) is 1. The maximum Gasteiger partial charge on any atom is 0.254 e. The molecule has 3 heterocycles. The van der Waals surface area contributed by atoms with Gasteiger partial charge < -0.3 is 15.5 Å². The monoisotopic (exact) mass is 383 g/mol.